The number of nitrogens with one attached hydrogen (secondary N) is 1. The molecule has 114 valence electrons. The minimum Gasteiger partial charge on any atom is -0.464 e. The van der Waals surface area contributed by atoms with Gasteiger partial charge < -0.3 is 15.0 Å². The molecule has 1 N–H and O–H groups in total. The van der Waals surface area contributed by atoms with E-state index in [1.165, 1.54) is 23.1 Å². The molecule has 1 saturated heterocycles. The van der Waals surface area contributed by atoms with Crippen LogP contribution in [0.25, 0.3) is 0 Å². The molecule has 1 amide bonds. The quantitative estimate of drug-likeness (QED) is 0.849. The Balaban J connectivity index is 2.21. The van der Waals surface area contributed by atoms with Crippen molar-refractivity contribution in [1.29, 1.82) is 0 Å². The number of benzene rings is 1. The van der Waals surface area contributed by atoms with E-state index in [9.17, 15) is 14.0 Å². The number of aryl methyl sites for hydroxylation is 1. The highest BCUT2D eigenvalue weighted by molar-refractivity contribution is 5.97. The molecule has 0 spiro atoms. The average Bonchev–Trinajstić information content (AvgIpc) is 2.49. The summed E-state index contributed by atoms with van der Waals surface area (Å²) in [5, 5.41) is 3.08. The number of ether oxygens (including phenoxy) is 1. The SMILES string of the molecule is CCOC(=O)C1CNCCN1C(=O)c1ccc(F)c(C)c1. The van der Waals surface area contributed by atoms with Crippen LogP contribution in [0, 0.1) is 12.7 Å². The summed E-state index contributed by atoms with van der Waals surface area (Å²) in [6.07, 6.45) is 0. The van der Waals surface area contributed by atoms with Crippen LogP contribution in [0.4, 0.5) is 4.39 Å². The Morgan fingerprint density at radius 1 is 1.48 bits per heavy atom. The molecule has 0 aliphatic carbocycles. The Morgan fingerprint density at radius 3 is 2.90 bits per heavy atom. The number of carbonyl (C=O) groups excluding carboxylic acids is 2. The third kappa shape index (κ3) is 3.39. The molecule has 6 heteroatoms. The van der Waals surface area contributed by atoms with E-state index in [4.69, 9.17) is 4.74 Å². The normalized spacial score (nSPS) is 18.4. The summed E-state index contributed by atoms with van der Waals surface area (Å²) >= 11 is 0. The van der Waals surface area contributed by atoms with Gasteiger partial charge in [0.25, 0.3) is 5.91 Å². The molecular weight excluding hydrogens is 275 g/mol. The Hall–Kier alpha value is -1.95. The number of rotatable bonds is 3. The average molecular weight is 294 g/mol. The lowest BCUT2D eigenvalue weighted by molar-refractivity contribution is -0.149. The van der Waals surface area contributed by atoms with Gasteiger partial charge in [-0.1, -0.05) is 0 Å². The molecule has 0 bridgehead atoms. The number of amides is 1. The van der Waals surface area contributed by atoms with Gasteiger partial charge in [0.2, 0.25) is 0 Å². The maximum absolute atomic E-state index is 13.3. The zero-order valence-corrected chi connectivity index (χ0v) is 12.2. The number of piperazine rings is 1. The van der Waals surface area contributed by atoms with Crippen molar-refractivity contribution in [1.82, 2.24) is 10.2 Å². The summed E-state index contributed by atoms with van der Waals surface area (Å²) in [6.45, 7) is 4.99. The lowest BCUT2D eigenvalue weighted by Gasteiger charge is -2.34. The molecule has 1 aliphatic heterocycles. The molecule has 1 unspecified atom stereocenters. The lowest BCUT2D eigenvalue weighted by Crippen LogP contribution is -2.57. The van der Waals surface area contributed by atoms with E-state index in [0.29, 0.717) is 30.8 Å². The van der Waals surface area contributed by atoms with Crippen LogP contribution in [0.2, 0.25) is 0 Å². The minimum atomic E-state index is -0.642. The Labute approximate surface area is 123 Å². The molecule has 0 saturated carbocycles. The maximum Gasteiger partial charge on any atom is 0.330 e. The lowest BCUT2D eigenvalue weighted by atomic mass is 10.1. The summed E-state index contributed by atoms with van der Waals surface area (Å²) in [5.74, 6) is -1.05. The van der Waals surface area contributed by atoms with E-state index >= 15 is 0 Å². The van der Waals surface area contributed by atoms with E-state index in [0.717, 1.165) is 0 Å². The predicted molar refractivity (Wildman–Crippen MR) is 75.5 cm³/mol. The van der Waals surface area contributed by atoms with Crippen molar-refractivity contribution >= 4 is 11.9 Å². The maximum atomic E-state index is 13.3. The van der Waals surface area contributed by atoms with Crippen LogP contribution in [0.15, 0.2) is 18.2 Å². The van der Waals surface area contributed by atoms with Crippen LogP contribution >= 0.6 is 0 Å². The van der Waals surface area contributed by atoms with E-state index in [1.807, 2.05) is 0 Å². The van der Waals surface area contributed by atoms with Crippen LogP contribution < -0.4 is 5.32 Å². The topological polar surface area (TPSA) is 58.6 Å². The first-order valence-corrected chi connectivity index (χ1v) is 6.99. The highest BCUT2D eigenvalue weighted by Crippen LogP contribution is 2.15. The molecule has 1 heterocycles. The summed E-state index contributed by atoms with van der Waals surface area (Å²) < 4.78 is 18.3. The monoisotopic (exact) mass is 294 g/mol. The van der Waals surface area contributed by atoms with Gasteiger partial charge in [0.05, 0.1) is 6.61 Å². The summed E-state index contributed by atoms with van der Waals surface area (Å²) in [7, 11) is 0. The molecule has 5 nitrogen and oxygen atoms in total. The predicted octanol–water partition coefficient (Wildman–Crippen LogP) is 1.11. The van der Waals surface area contributed by atoms with Gasteiger partial charge in [-0.2, -0.15) is 0 Å². The molecule has 1 fully saturated rings. The third-order valence-electron chi connectivity index (χ3n) is 3.47. The molecule has 2 rings (SSSR count). The van der Waals surface area contributed by atoms with Gasteiger partial charge in [-0.05, 0) is 37.6 Å². The van der Waals surface area contributed by atoms with Gasteiger partial charge in [0.1, 0.15) is 11.9 Å². The minimum absolute atomic E-state index is 0.271. The number of hydrogen-bond acceptors (Lipinski definition) is 4. The first kappa shape index (κ1) is 15.4. The molecule has 1 aromatic rings. The Morgan fingerprint density at radius 2 is 2.24 bits per heavy atom. The molecule has 1 aromatic carbocycles. The van der Waals surface area contributed by atoms with Crippen LogP contribution in [0.1, 0.15) is 22.8 Å². The highest BCUT2D eigenvalue weighted by atomic mass is 19.1. The fraction of sp³-hybridized carbons (Fsp3) is 0.467. The number of esters is 1. The zero-order valence-electron chi connectivity index (χ0n) is 12.2. The Kier molecular flexibility index (Phi) is 4.90. The van der Waals surface area contributed by atoms with Gasteiger partial charge in [-0.3, -0.25) is 4.79 Å². The van der Waals surface area contributed by atoms with Crippen LogP contribution in [-0.4, -0.2) is 49.1 Å². The van der Waals surface area contributed by atoms with Gasteiger partial charge >= 0.3 is 5.97 Å². The van der Waals surface area contributed by atoms with Crippen molar-refractivity contribution in [2.75, 3.05) is 26.2 Å². The van der Waals surface area contributed by atoms with E-state index < -0.39 is 12.0 Å². The molecule has 0 aromatic heterocycles. The van der Waals surface area contributed by atoms with E-state index in [1.54, 1.807) is 13.8 Å². The summed E-state index contributed by atoms with van der Waals surface area (Å²) in [5.41, 5.74) is 0.786. The number of halogens is 1. The largest absolute Gasteiger partial charge is 0.464 e. The smallest absolute Gasteiger partial charge is 0.330 e. The first-order valence-electron chi connectivity index (χ1n) is 6.99. The van der Waals surface area contributed by atoms with Crippen molar-refractivity contribution in [2.24, 2.45) is 0 Å². The van der Waals surface area contributed by atoms with Gasteiger partial charge in [0, 0.05) is 25.2 Å². The molecule has 1 atom stereocenters. The van der Waals surface area contributed by atoms with Crippen molar-refractivity contribution in [3.63, 3.8) is 0 Å². The second kappa shape index (κ2) is 6.67. The van der Waals surface area contributed by atoms with Crippen molar-refractivity contribution in [2.45, 2.75) is 19.9 Å². The number of nitrogens with zero attached hydrogens (tertiary/aromatic N) is 1. The van der Waals surface area contributed by atoms with Crippen molar-refractivity contribution in [3.05, 3.63) is 35.1 Å². The second-order valence-electron chi connectivity index (χ2n) is 4.93. The van der Waals surface area contributed by atoms with Gasteiger partial charge in [0.15, 0.2) is 0 Å². The van der Waals surface area contributed by atoms with Gasteiger partial charge in [-0.25, -0.2) is 9.18 Å². The summed E-state index contributed by atoms with van der Waals surface area (Å²) in [6, 6.07) is 3.57. The highest BCUT2D eigenvalue weighted by Gasteiger charge is 2.33. The van der Waals surface area contributed by atoms with Crippen LogP contribution in [0.5, 0.6) is 0 Å². The second-order valence-corrected chi connectivity index (χ2v) is 4.93. The fourth-order valence-corrected chi connectivity index (χ4v) is 2.34. The fourth-order valence-electron chi connectivity index (χ4n) is 2.34. The third-order valence-corrected chi connectivity index (χ3v) is 3.47. The zero-order chi connectivity index (χ0) is 15.4. The summed E-state index contributed by atoms with van der Waals surface area (Å²) in [4.78, 5) is 26.0. The number of carbonyl (C=O) groups is 2. The van der Waals surface area contributed by atoms with Gasteiger partial charge in [-0.15, -0.1) is 0 Å². The van der Waals surface area contributed by atoms with E-state index in [2.05, 4.69) is 5.32 Å². The first-order chi connectivity index (χ1) is 10.0. The van der Waals surface area contributed by atoms with E-state index in [-0.39, 0.29) is 18.3 Å². The van der Waals surface area contributed by atoms with Crippen molar-refractivity contribution in [3.8, 4) is 0 Å². The van der Waals surface area contributed by atoms with Crippen LogP contribution in [0.3, 0.4) is 0 Å². The molecular formula is C15H19FN2O3. The number of hydrogen-bond donors (Lipinski definition) is 1. The molecule has 21 heavy (non-hydrogen) atoms. The van der Waals surface area contributed by atoms with Crippen LogP contribution in [-0.2, 0) is 9.53 Å². The molecule has 0 radical (unpaired) electrons. The van der Waals surface area contributed by atoms with Crippen molar-refractivity contribution < 1.29 is 18.7 Å². The standard InChI is InChI=1S/C15H19FN2O3/c1-3-21-15(20)13-9-17-6-7-18(13)14(19)11-4-5-12(16)10(2)8-11/h4-5,8,13,17H,3,6-7,9H2,1-2H3. The molecule has 1 aliphatic rings. The Bertz CT molecular complexity index is 548.